The summed E-state index contributed by atoms with van der Waals surface area (Å²) in [6.45, 7) is 6.61. The van der Waals surface area contributed by atoms with Crippen molar-refractivity contribution < 1.29 is 4.43 Å². The molecule has 19 heavy (non-hydrogen) atoms. The molecule has 0 N–H and O–H groups in total. The van der Waals surface area contributed by atoms with Crippen LogP contribution in [0.1, 0.15) is 11.1 Å². The molecule has 2 rings (SSSR count). The van der Waals surface area contributed by atoms with Gasteiger partial charge in [-0.15, -0.1) is 0 Å². The average Bonchev–Trinajstić information content (AvgIpc) is 2.39. The van der Waals surface area contributed by atoms with Crippen molar-refractivity contribution >= 4 is 20.2 Å². The van der Waals surface area contributed by atoms with Gasteiger partial charge in [0.15, 0.2) is 0 Å². The van der Waals surface area contributed by atoms with Gasteiger partial charge in [-0.25, -0.2) is 0 Å². The zero-order valence-corrected chi connectivity index (χ0v) is 12.8. The van der Waals surface area contributed by atoms with Crippen LogP contribution in [-0.4, -0.2) is 8.32 Å². The third kappa shape index (κ3) is 4.41. The van der Waals surface area contributed by atoms with Crippen molar-refractivity contribution in [3.05, 3.63) is 71.8 Å². The van der Waals surface area contributed by atoms with Gasteiger partial charge in [-0.2, -0.15) is 0 Å². The van der Waals surface area contributed by atoms with Crippen LogP contribution in [0.2, 0.25) is 19.6 Å². The monoisotopic (exact) mass is 268 g/mol. The van der Waals surface area contributed by atoms with Crippen molar-refractivity contribution in [3.63, 3.8) is 0 Å². The Labute approximate surface area is 116 Å². The summed E-state index contributed by atoms with van der Waals surface area (Å²) in [4.78, 5) is 0. The lowest BCUT2D eigenvalue weighted by Gasteiger charge is -2.22. The number of rotatable bonds is 4. The van der Waals surface area contributed by atoms with E-state index in [0.29, 0.717) is 0 Å². The molecule has 0 radical (unpaired) electrons. The molecule has 0 spiro atoms. The first-order chi connectivity index (χ1) is 9.04. The van der Waals surface area contributed by atoms with E-state index in [2.05, 4.69) is 50.0 Å². The first-order valence-corrected chi connectivity index (χ1v) is 9.97. The van der Waals surface area contributed by atoms with E-state index in [9.17, 15) is 0 Å². The molecule has 2 aromatic carbocycles. The highest BCUT2D eigenvalue weighted by Crippen LogP contribution is 2.23. The fraction of sp³-hybridized carbons (Fsp3) is 0.176. The molecule has 98 valence electrons. The van der Waals surface area contributed by atoms with Crippen molar-refractivity contribution in [2.75, 3.05) is 0 Å². The summed E-state index contributed by atoms with van der Waals surface area (Å²) < 4.78 is 6.23. The first-order valence-electron chi connectivity index (χ1n) is 6.56. The van der Waals surface area contributed by atoms with Crippen LogP contribution >= 0.6 is 0 Å². The Bertz CT molecular complexity index is 538. The Balaban J connectivity index is 2.38. The third-order valence-electron chi connectivity index (χ3n) is 2.57. The Morgan fingerprint density at radius 1 is 0.842 bits per heavy atom. The summed E-state index contributed by atoms with van der Waals surface area (Å²) in [5.74, 6) is 0.964. The molecule has 0 aromatic heterocycles. The van der Waals surface area contributed by atoms with Gasteiger partial charge in [0.1, 0.15) is 5.76 Å². The molecule has 0 saturated carbocycles. The molecule has 0 saturated heterocycles. The van der Waals surface area contributed by atoms with Gasteiger partial charge in [0.25, 0.3) is 0 Å². The lowest BCUT2D eigenvalue weighted by atomic mass is 10.1. The van der Waals surface area contributed by atoms with Crippen LogP contribution in [-0.2, 0) is 4.43 Å². The van der Waals surface area contributed by atoms with E-state index in [-0.39, 0.29) is 0 Å². The highest BCUT2D eigenvalue weighted by molar-refractivity contribution is 6.70. The second kappa shape index (κ2) is 5.89. The second-order valence-corrected chi connectivity index (χ2v) is 9.93. The van der Waals surface area contributed by atoms with Gasteiger partial charge in [-0.1, -0.05) is 60.7 Å². The zero-order chi connectivity index (χ0) is 13.7. The molecule has 0 aliphatic heterocycles. The van der Waals surface area contributed by atoms with E-state index in [1.807, 2.05) is 36.4 Å². The van der Waals surface area contributed by atoms with Gasteiger partial charge >= 0.3 is 0 Å². The molecular formula is C17H20OSi. The van der Waals surface area contributed by atoms with Crippen LogP contribution in [0.5, 0.6) is 0 Å². The molecule has 0 bridgehead atoms. The second-order valence-electron chi connectivity index (χ2n) is 5.50. The molecule has 0 fully saturated rings. The van der Waals surface area contributed by atoms with E-state index >= 15 is 0 Å². The number of hydrogen-bond donors (Lipinski definition) is 0. The molecule has 0 unspecified atom stereocenters. The number of benzene rings is 2. The van der Waals surface area contributed by atoms with Gasteiger partial charge in [-0.3, -0.25) is 0 Å². The third-order valence-corrected chi connectivity index (χ3v) is 3.40. The minimum absolute atomic E-state index is 0.964. The van der Waals surface area contributed by atoms with Crippen LogP contribution in [0, 0.1) is 0 Å². The minimum atomic E-state index is -1.63. The quantitative estimate of drug-likeness (QED) is 0.429. The topological polar surface area (TPSA) is 9.23 Å². The average molecular weight is 268 g/mol. The van der Waals surface area contributed by atoms with Crippen LogP contribution in [0.3, 0.4) is 0 Å². The smallest absolute Gasteiger partial charge is 0.242 e. The SMILES string of the molecule is C[Si](C)(C)O/C(=C\c1ccccc1)c1ccccc1. The van der Waals surface area contributed by atoms with Gasteiger partial charge < -0.3 is 4.43 Å². The standard InChI is InChI=1S/C17H20OSi/c1-19(2,3)18-17(16-12-8-5-9-13-16)14-15-10-6-4-7-11-15/h4-14H,1-3H3/b17-14-. The Morgan fingerprint density at radius 2 is 1.37 bits per heavy atom. The predicted octanol–water partition coefficient (Wildman–Crippen LogP) is 5.04. The Morgan fingerprint density at radius 3 is 1.89 bits per heavy atom. The normalized spacial score (nSPS) is 12.3. The zero-order valence-electron chi connectivity index (χ0n) is 11.8. The number of hydrogen-bond acceptors (Lipinski definition) is 1. The maximum atomic E-state index is 6.23. The summed E-state index contributed by atoms with van der Waals surface area (Å²) in [5.41, 5.74) is 2.30. The molecule has 2 heteroatoms. The highest BCUT2D eigenvalue weighted by Gasteiger charge is 2.18. The fourth-order valence-electron chi connectivity index (χ4n) is 1.80. The maximum absolute atomic E-state index is 6.23. The van der Waals surface area contributed by atoms with Crippen molar-refractivity contribution in [1.82, 2.24) is 0 Å². The molecular weight excluding hydrogens is 248 g/mol. The van der Waals surface area contributed by atoms with E-state index in [4.69, 9.17) is 4.43 Å². The summed E-state index contributed by atoms with van der Waals surface area (Å²) in [6.07, 6.45) is 2.12. The van der Waals surface area contributed by atoms with Crippen molar-refractivity contribution in [2.24, 2.45) is 0 Å². The van der Waals surface area contributed by atoms with E-state index in [1.54, 1.807) is 0 Å². The molecule has 0 amide bonds. The van der Waals surface area contributed by atoms with Crippen molar-refractivity contribution in [2.45, 2.75) is 19.6 Å². The van der Waals surface area contributed by atoms with Gasteiger partial charge in [0.05, 0.1) is 0 Å². The van der Waals surface area contributed by atoms with Gasteiger partial charge in [0.2, 0.25) is 8.32 Å². The highest BCUT2D eigenvalue weighted by atomic mass is 28.4. The summed E-state index contributed by atoms with van der Waals surface area (Å²) in [6, 6.07) is 20.6. The predicted molar refractivity (Wildman–Crippen MR) is 85.2 cm³/mol. The van der Waals surface area contributed by atoms with Gasteiger partial charge in [-0.05, 0) is 31.3 Å². The molecule has 2 aromatic rings. The fourth-order valence-corrected chi connectivity index (χ4v) is 2.64. The largest absolute Gasteiger partial charge is 0.544 e. The molecule has 0 aliphatic rings. The van der Waals surface area contributed by atoms with E-state index in [0.717, 1.165) is 11.3 Å². The lowest BCUT2D eigenvalue weighted by Crippen LogP contribution is -2.24. The van der Waals surface area contributed by atoms with E-state index in [1.165, 1.54) is 5.56 Å². The first kappa shape index (κ1) is 13.6. The van der Waals surface area contributed by atoms with Crippen LogP contribution in [0.25, 0.3) is 11.8 Å². The van der Waals surface area contributed by atoms with Crippen LogP contribution in [0.15, 0.2) is 60.7 Å². The van der Waals surface area contributed by atoms with E-state index < -0.39 is 8.32 Å². The summed E-state index contributed by atoms with van der Waals surface area (Å²) in [7, 11) is -1.63. The maximum Gasteiger partial charge on any atom is 0.242 e. The molecule has 0 heterocycles. The molecule has 0 atom stereocenters. The lowest BCUT2D eigenvalue weighted by molar-refractivity contribution is 0.518. The summed E-state index contributed by atoms with van der Waals surface area (Å²) >= 11 is 0. The minimum Gasteiger partial charge on any atom is -0.544 e. The summed E-state index contributed by atoms with van der Waals surface area (Å²) in [5, 5.41) is 0. The molecule has 1 nitrogen and oxygen atoms in total. The molecule has 0 aliphatic carbocycles. The Hall–Kier alpha value is -1.80. The van der Waals surface area contributed by atoms with Gasteiger partial charge in [0, 0.05) is 5.56 Å². The van der Waals surface area contributed by atoms with Crippen molar-refractivity contribution in [3.8, 4) is 0 Å². The van der Waals surface area contributed by atoms with Crippen LogP contribution < -0.4 is 0 Å². The Kier molecular flexibility index (Phi) is 4.22. The van der Waals surface area contributed by atoms with Crippen LogP contribution in [0.4, 0.5) is 0 Å². The van der Waals surface area contributed by atoms with Crippen molar-refractivity contribution in [1.29, 1.82) is 0 Å².